The maximum absolute atomic E-state index is 12.4. The molecule has 0 spiro atoms. The second-order valence-corrected chi connectivity index (χ2v) is 9.65. The third-order valence-electron chi connectivity index (χ3n) is 5.39. The highest BCUT2D eigenvalue weighted by Crippen LogP contribution is 2.17. The smallest absolute Gasteiger partial charge is 0.306 e. The molecule has 0 radical (unpaired) electrons. The lowest BCUT2D eigenvalue weighted by atomic mass is 9.99. The van der Waals surface area contributed by atoms with Crippen LogP contribution in [0.5, 0.6) is 0 Å². The predicted octanol–water partition coefficient (Wildman–Crippen LogP) is 2.55. The number of sulfonamides is 1. The average molecular weight is 425 g/mol. The fraction of sp³-hybridized carbons (Fsp3) is 0.619. The van der Waals surface area contributed by atoms with Gasteiger partial charge in [-0.2, -0.15) is 0 Å². The quantitative estimate of drug-likeness (QED) is 0.511. The number of carbonyl (C=O) groups excluding carboxylic acids is 2. The van der Waals surface area contributed by atoms with Gasteiger partial charge in [0.05, 0.1) is 4.90 Å². The van der Waals surface area contributed by atoms with E-state index in [2.05, 4.69) is 11.6 Å². The maximum Gasteiger partial charge on any atom is 0.306 e. The van der Waals surface area contributed by atoms with E-state index in [9.17, 15) is 18.0 Å². The predicted molar refractivity (Wildman–Crippen MR) is 111 cm³/mol. The van der Waals surface area contributed by atoms with E-state index in [1.54, 1.807) is 30.0 Å². The second-order valence-electron chi connectivity index (χ2n) is 7.89. The number of nitrogens with zero attached hydrogens (tertiary/aromatic N) is 1. The number of carbonyl (C=O) groups is 2. The summed E-state index contributed by atoms with van der Waals surface area (Å²) in [5, 5.41) is 0. The normalized spacial score (nSPS) is 16.5. The number of piperidine rings is 1. The first-order chi connectivity index (χ1) is 13.6. The molecule has 2 rings (SSSR count). The summed E-state index contributed by atoms with van der Waals surface area (Å²) in [6, 6.07) is 4.96. The summed E-state index contributed by atoms with van der Waals surface area (Å²) in [7, 11) is -3.62. The van der Waals surface area contributed by atoms with Crippen LogP contribution in [0.1, 0.15) is 50.7 Å². The monoisotopic (exact) mass is 424 g/mol. The van der Waals surface area contributed by atoms with Crippen LogP contribution in [0.4, 0.5) is 0 Å². The molecule has 1 aromatic carbocycles. The summed E-state index contributed by atoms with van der Waals surface area (Å²) in [4.78, 5) is 26.3. The maximum atomic E-state index is 12.4. The molecule has 1 heterocycles. The standard InChI is InChI=1S/C21H32N2O5S/c1-15-9-12-23(13-10-15)21(25)18(4)28-20(24)6-5-11-22-29(26,27)19-8-7-16(2)17(3)14-19/h7-8,14-15,18,22H,5-6,9-13H2,1-4H3/t18-/m1/s1. The Hall–Kier alpha value is -1.93. The minimum Gasteiger partial charge on any atom is -0.453 e. The van der Waals surface area contributed by atoms with E-state index in [0.717, 1.165) is 24.0 Å². The number of aryl methyl sites for hydroxylation is 2. The molecule has 0 aliphatic carbocycles. The lowest BCUT2D eigenvalue weighted by Gasteiger charge is -2.31. The van der Waals surface area contributed by atoms with E-state index < -0.39 is 22.1 Å². The van der Waals surface area contributed by atoms with Gasteiger partial charge in [-0.05, 0) is 69.2 Å². The molecule has 1 amide bonds. The first-order valence-electron chi connectivity index (χ1n) is 10.2. The van der Waals surface area contributed by atoms with Gasteiger partial charge in [-0.1, -0.05) is 13.0 Å². The number of hydrogen-bond acceptors (Lipinski definition) is 5. The van der Waals surface area contributed by atoms with Crippen molar-refractivity contribution in [3.8, 4) is 0 Å². The van der Waals surface area contributed by atoms with Crippen LogP contribution in [0, 0.1) is 19.8 Å². The minimum atomic E-state index is -3.62. The van der Waals surface area contributed by atoms with Crippen molar-refractivity contribution in [2.45, 2.75) is 64.4 Å². The third kappa shape index (κ3) is 6.82. The summed E-state index contributed by atoms with van der Waals surface area (Å²) < 4.78 is 32.4. The van der Waals surface area contributed by atoms with Gasteiger partial charge in [0.15, 0.2) is 6.10 Å². The first kappa shape index (κ1) is 23.3. The molecule has 1 aromatic rings. The van der Waals surface area contributed by atoms with E-state index in [-0.39, 0.29) is 23.8 Å². The molecule has 162 valence electrons. The molecule has 1 fully saturated rings. The zero-order valence-electron chi connectivity index (χ0n) is 17.7. The third-order valence-corrected chi connectivity index (χ3v) is 6.85. The van der Waals surface area contributed by atoms with Crippen molar-refractivity contribution in [2.24, 2.45) is 5.92 Å². The van der Waals surface area contributed by atoms with Crippen molar-refractivity contribution in [1.29, 1.82) is 0 Å². The largest absolute Gasteiger partial charge is 0.453 e. The van der Waals surface area contributed by atoms with E-state index in [4.69, 9.17) is 4.74 Å². The Morgan fingerprint density at radius 1 is 1.21 bits per heavy atom. The van der Waals surface area contributed by atoms with Gasteiger partial charge in [-0.15, -0.1) is 0 Å². The minimum absolute atomic E-state index is 0.0457. The van der Waals surface area contributed by atoms with Gasteiger partial charge in [-0.25, -0.2) is 13.1 Å². The van der Waals surface area contributed by atoms with Gasteiger partial charge in [0.1, 0.15) is 0 Å². The molecule has 0 aromatic heterocycles. The number of likely N-dealkylation sites (tertiary alicyclic amines) is 1. The number of benzene rings is 1. The molecule has 1 saturated heterocycles. The molecule has 8 heteroatoms. The molecule has 7 nitrogen and oxygen atoms in total. The molecule has 1 aliphatic heterocycles. The Morgan fingerprint density at radius 3 is 2.48 bits per heavy atom. The van der Waals surface area contributed by atoms with Crippen LogP contribution in [-0.4, -0.2) is 50.9 Å². The first-order valence-corrected chi connectivity index (χ1v) is 11.6. The van der Waals surface area contributed by atoms with Crippen molar-refractivity contribution in [2.75, 3.05) is 19.6 Å². The Morgan fingerprint density at radius 2 is 1.86 bits per heavy atom. The zero-order chi connectivity index (χ0) is 21.6. The summed E-state index contributed by atoms with van der Waals surface area (Å²) in [6.45, 7) is 9.04. The molecule has 0 bridgehead atoms. The van der Waals surface area contributed by atoms with Gasteiger partial charge >= 0.3 is 5.97 Å². The summed E-state index contributed by atoms with van der Waals surface area (Å²) in [5.74, 6) is -0.0493. The second kappa shape index (κ2) is 10.2. The number of hydrogen-bond donors (Lipinski definition) is 1. The molecule has 0 saturated carbocycles. The molecule has 1 atom stereocenters. The molecular weight excluding hydrogens is 392 g/mol. The summed E-state index contributed by atoms with van der Waals surface area (Å²) in [5.41, 5.74) is 1.92. The highest BCUT2D eigenvalue weighted by Gasteiger charge is 2.26. The fourth-order valence-electron chi connectivity index (χ4n) is 3.20. The lowest BCUT2D eigenvalue weighted by Crippen LogP contribution is -2.44. The van der Waals surface area contributed by atoms with E-state index >= 15 is 0 Å². The Bertz CT molecular complexity index is 829. The summed E-state index contributed by atoms with van der Waals surface area (Å²) >= 11 is 0. The Balaban J connectivity index is 1.73. The van der Waals surface area contributed by atoms with Gasteiger partial charge in [0.25, 0.3) is 5.91 Å². The van der Waals surface area contributed by atoms with Gasteiger partial charge in [0, 0.05) is 26.1 Å². The van der Waals surface area contributed by atoms with Crippen molar-refractivity contribution < 1.29 is 22.7 Å². The lowest BCUT2D eigenvalue weighted by molar-refractivity contribution is -0.159. The molecular formula is C21H32N2O5S. The highest BCUT2D eigenvalue weighted by atomic mass is 32.2. The average Bonchev–Trinajstić information content (AvgIpc) is 2.67. The SMILES string of the molecule is Cc1ccc(S(=O)(=O)NCCCC(=O)O[C@H](C)C(=O)N2CCC(C)CC2)cc1C. The zero-order valence-corrected chi connectivity index (χ0v) is 18.5. The molecule has 29 heavy (non-hydrogen) atoms. The van der Waals surface area contributed by atoms with Crippen LogP contribution in [-0.2, 0) is 24.3 Å². The molecule has 1 aliphatic rings. The van der Waals surface area contributed by atoms with Crippen LogP contribution in [0.25, 0.3) is 0 Å². The highest BCUT2D eigenvalue weighted by molar-refractivity contribution is 7.89. The fourth-order valence-corrected chi connectivity index (χ4v) is 4.36. The number of nitrogens with one attached hydrogen (secondary N) is 1. The molecule has 0 unspecified atom stereocenters. The van der Waals surface area contributed by atoms with Gasteiger partial charge < -0.3 is 9.64 Å². The van der Waals surface area contributed by atoms with Gasteiger partial charge in [-0.3, -0.25) is 9.59 Å². The number of ether oxygens (including phenoxy) is 1. The van der Waals surface area contributed by atoms with Crippen molar-refractivity contribution in [3.05, 3.63) is 29.3 Å². The van der Waals surface area contributed by atoms with Crippen LogP contribution in [0.2, 0.25) is 0 Å². The van der Waals surface area contributed by atoms with Crippen LogP contribution < -0.4 is 4.72 Å². The number of rotatable bonds is 8. The van der Waals surface area contributed by atoms with E-state index in [0.29, 0.717) is 25.4 Å². The van der Waals surface area contributed by atoms with Crippen molar-refractivity contribution in [1.82, 2.24) is 9.62 Å². The van der Waals surface area contributed by atoms with Crippen molar-refractivity contribution >= 4 is 21.9 Å². The molecule has 1 N–H and O–H groups in total. The Kier molecular flexibility index (Phi) is 8.22. The number of amides is 1. The van der Waals surface area contributed by atoms with Crippen LogP contribution in [0.3, 0.4) is 0 Å². The van der Waals surface area contributed by atoms with Gasteiger partial charge in [0.2, 0.25) is 10.0 Å². The van der Waals surface area contributed by atoms with E-state index in [1.165, 1.54) is 0 Å². The van der Waals surface area contributed by atoms with E-state index in [1.807, 2.05) is 13.8 Å². The van der Waals surface area contributed by atoms with Crippen molar-refractivity contribution in [3.63, 3.8) is 0 Å². The number of esters is 1. The Labute approximate surface area is 173 Å². The topological polar surface area (TPSA) is 92.8 Å². The summed E-state index contributed by atoms with van der Waals surface area (Å²) in [6.07, 6.45) is 1.46. The van der Waals surface area contributed by atoms with Crippen LogP contribution >= 0.6 is 0 Å². The van der Waals surface area contributed by atoms with Crippen LogP contribution in [0.15, 0.2) is 23.1 Å².